The molecule has 0 aliphatic carbocycles. The molecule has 0 aliphatic heterocycles. The van der Waals surface area contributed by atoms with Gasteiger partial charge in [-0.1, -0.05) is 69.8 Å². The fourth-order valence-electron chi connectivity index (χ4n) is 2.81. The largest absolute Gasteiger partial charge is 0.356 e. The second-order valence-electron chi connectivity index (χ2n) is 6.54. The number of allylic oxidation sites excluding steroid dienone is 4. The van der Waals surface area contributed by atoms with E-state index in [1.54, 1.807) is 0 Å². The van der Waals surface area contributed by atoms with Gasteiger partial charge in [-0.15, -0.1) is 0 Å². The Hall–Kier alpha value is -1.57. The lowest BCUT2D eigenvalue weighted by molar-refractivity contribution is 0.111. The van der Waals surface area contributed by atoms with Crippen LogP contribution < -0.4 is 0 Å². The summed E-state index contributed by atoms with van der Waals surface area (Å²) in [6.45, 7) is 2.21. The van der Waals surface area contributed by atoms with Gasteiger partial charge in [-0.3, -0.25) is 4.79 Å². The van der Waals surface area contributed by atoms with Crippen LogP contribution >= 0.6 is 0 Å². The molecule has 0 saturated carbocycles. The van der Waals surface area contributed by atoms with Crippen molar-refractivity contribution in [2.75, 3.05) is 0 Å². The topological polar surface area (TPSA) is 32.9 Å². The van der Waals surface area contributed by atoms with Crippen LogP contribution in [0.1, 0.15) is 93.7 Å². The van der Waals surface area contributed by atoms with E-state index in [1.165, 1.54) is 69.9 Å². The highest BCUT2D eigenvalue weighted by Crippen LogP contribution is 2.11. The molecule has 0 spiro atoms. The van der Waals surface area contributed by atoms with Crippen LogP contribution in [0.5, 0.6) is 0 Å². The molecule has 1 rings (SSSR count). The molecular formula is C22H35NO. The van der Waals surface area contributed by atoms with Gasteiger partial charge >= 0.3 is 0 Å². The number of unbranched alkanes of at least 4 members (excludes halogenated alkanes) is 8. The predicted octanol–water partition coefficient (Wildman–Crippen LogP) is 6.79. The first-order chi connectivity index (χ1) is 11.9. The molecule has 2 nitrogen and oxygen atoms in total. The summed E-state index contributed by atoms with van der Waals surface area (Å²) in [5, 5.41) is 0. The first-order valence-electron chi connectivity index (χ1n) is 9.80. The van der Waals surface area contributed by atoms with Crippen LogP contribution in [0, 0.1) is 0 Å². The van der Waals surface area contributed by atoms with Gasteiger partial charge in [0.2, 0.25) is 0 Å². The highest BCUT2D eigenvalue weighted by atomic mass is 16.1. The molecule has 24 heavy (non-hydrogen) atoms. The summed E-state index contributed by atoms with van der Waals surface area (Å²) in [5.41, 5.74) is 1.88. The molecule has 0 aromatic carbocycles. The van der Waals surface area contributed by atoms with Crippen molar-refractivity contribution in [3.8, 4) is 0 Å². The number of hydrogen-bond acceptors (Lipinski definition) is 1. The summed E-state index contributed by atoms with van der Waals surface area (Å²) in [5.74, 6) is 0. The van der Waals surface area contributed by atoms with Crippen LogP contribution in [0.2, 0.25) is 0 Å². The van der Waals surface area contributed by atoms with Crippen LogP contribution in [0.4, 0.5) is 0 Å². The van der Waals surface area contributed by atoms with Crippen molar-refractivity contribution in [1.82, 2.24) is 4.98 Å². The van der Waals surface area contributed by atoms with Crippen LogP contribution in [-0.2, 0) is 6.42 Å². The molecule has 0 amide bonds. The van der Waals surface area contributed by atoms with Crippen molar-refractivity contribution in [1.29, 1.82) is 0 Å². The predicted molar refractivity (Wildman–Crippen MR) is 105 cm³/mol. The Kier molecular flexibility index (Phi) is 12.8. The Morgan fingerprint density at radius 2 is 1.50 bits per heavy atom. The second-order valence-corrected chi connectivity index (χ2v) is 6.54. The summed E-state index contributed by atoms with van der Waals surface area (Å²) in [6.07, 6.45) is 25.1. The number of aromatic nitrogens is 1. The lowest BCUT2D eigenvalue weighted by atomic mass is 10.1. The van der Waals surface area contributed by atoms with E-state index in [4.69, 9.17) is 0 Å². The lowest BCUT2D eigenvalue weighted by Crippen LogP contribution is -1.88. The molecule has 1 heterocycles. The van der Waals surface area contributed by atoms with Crippen molar-refractivity contribution in [3.63, 3.8) is 0 Å². The maximum absolute atomic E-state index is 10.6. The number of rotatable bonds is 15. The fourth-order valence-corrected chi connectivity index (χ4v) is 2.81. The monoisotopic (exact) mass is 329 g/mol. The number of carbonyl (C=O) groups excluding carboxylic acids is 1. The average Bonchev–Trinajstić information content (AvgIpc) is 3.06. The van der Waals surface area contributed by atoms with Gasteiger partial charge in [-0.25, -0.2) is 0 Å². The molecule has 0 bridgehead atoms. The van der Waals surface area contributed by atoms with Crippen molar-refractivity contribution in [3.05, 3.63) is 47.8 Å². The Morgan fingerprint density at radius 3 is 2.17 bits per heavy atom. The summed E-state index contributed by atoms with van der Waals surface area (Å²) in [6, 6.07) is 3.88. The molecule has 0 aliphatic rings. The Morgan fingerprint density at radius 1 is 0.833 bits per heavy atom. The first kappa shape index (κ1) is 20.5. The molecule has 1 aromatic heterocycles. The smallest absolute Gasteiger partial charge is 0.166 e. The number of H-pyrrole nitrogens is 1. The summed E-state index contributed by atoms with van der Waals surface area (Å²) in [7, 11) is 0. The summed E-state index contributed by atoms with van der Waals surface area (Å²) < 4.78 is 0. The molecule has 0 fully saturated rings. The number of nitrogens with one attached hydrogen (secondary N) is 1. The third kappa shape index (κ3) is 11.0. The third-order valence-electron chi connectivity index (χ3n) is 4.27. The van der Waals surface area contributed by atoms with Gasteiger partial charge in [0.25, 0.3) is 0 Å². The molecular weight excluding hydrogens is 294 g/mol. The quantitative estimate of drug-likeness (QED) is 0.214. The van der Waals surface area contributed by atoms with Gasteiger partial charge in [-0.05, 0) is 50.7 Å². The first-order valence-corrected chi connectivity index (χ1v) is 9.80. The summed E-state index contributed by atoms with van der Waals surface area (Å²) in [4.78, 5) is 13.7. The highest BCUT2D eigenvalue weighted by molar-refractivity contribution is 5.71. The number of hydrogen-bond donors (Lipinski definition) is 1. The van der Waals surface area contributed by atoms with Crippen molar-refractivity contribution in [2.24, 2.45) is 0 Å². The maximum atomic E-state index is 10.6. The molecule has 0 atom stereocenters. The van der Waals surface area contributed by atoms with Crippen LogP contribution in [0.25, 0.3) is 0 Å². The van der Waals surface area contributed by atoms with Gasteiger partial charge in [0, 0.05) is 5.69 Å². The van der Waals surface area contributed by atoms with E-state index in [-0.39, 0.29) is 0 Å². The zero-order chi connectivity index (χ0) is 17.3. The lowest BCUT2D eigenvalue weighted by Gasteiger charge is -2.01. The SMILES string of the molecule is CCC/C=C\C/C=C\CCCCCCCCCc1ccc(C=O)[nH]1. The number of aromatic amines is 1. The van der Waals surface area contributed by atoms with E-state index >= 15 is 0 Å². The minimum absolute atomic E-state index is 0.691. The molecule has 1 N–H and O–H groups in total. The van der Waals surface area contributed by atoms with Crippen molar-refractivity contribution in [2.45, 2.75) is 84.0 Å². The molecule has 0 radical (unpaired) electrons. The van der Waals surface area contributed by atoms with Crippen LogP contribution in [0.15, 0.2) is 36.4 Å². The Bertz CT molecular complexity index is 470. The number of aryl methyl sites for hydroxylation is 1. The molecule has 1 aromatic rings. The van der Waals surface area contributed by atoms with Gasteiger partial charge in [0.15, 0.2) is 6.29 Å². The zero-order valence-electron chi connectivity index (χ0n) is 15.4. The zero-order valence-corrected chi connectivity index (χ0v) is 15.4. The number of carbonyl (C=O) groups is 1. The van der Waals surface area contributed by atoms with E-state index < -0.39 is 0 Å². The number of aldehydes is 1. The molecule has 134 valence electrons. The Balaban J connectivity index is 1.83. The average molecular weight is 330 g/mol. The van der Waals surface area contributed by atoms with E-state index in [9.17, 15) is 4.79 Å². The normalized spacial score (nSPS) is 11.7. The van der Waals surface area contributed by atoms with E-state index in [0.717, 1.165) is 19.1 Å². The van der Waals surface area contributed by atoms with E-state index in [2.05, 4.69) is 36.2 Å². The summed E-state index contributed by atoms with van der Waals surface area (Å²) >= 11 is 0. The minimum atomic E-state index is 0.691. The maximum Gasteiger partial charge on any atom is 0.166 e. The molecule has 0 saturated heterocycles. The van der Waals surface area contributed by atoms with Gasteiger partial charge < -0.3 is 4.98 Å². The second kappa shape index (κ2) is 15.0. The van der Waals surface area contributed by atoms with Gasteiger partial charge in [0.05, 0.1) is 5.69 Å². The fraction of sp³-hybridized carbons (Fsp3) is 0.591. The van der Waals surface area contributed by atoms with Crippen molar-refractivity contribution < 1.29 is 4.79 Å². The van der Waals surface area contributed by atoms with E-state index in [1.807, 2.05) is 12.1 Å². The van der Waals surface area contributed by atoms with E-state index in [0.29, 0.717) is 5.69 Å². The minimum Gasteiger partial charge on any atom is -0.356 e. The molecule has 2 heteroatoms. The van der Waals surface area contributed by atoms with Crippen molar-refractivity contribution >= 4 is 6.29 Å². The van der Waals surface area contributed by atoms with Crippen LogP contribution in [0.3, 0.4) is 0 Å². The standard InChI is InChI=1S/C22H35NO/c1-2-3-4-5-6-7-8-9-10-11-12-13-14-15-16-17-21-18-19-22(20-24)23-21/h4-5,7-8,18-20,23H,2-3,6,9-17H2,1H3/b5-4-,8-7-. The van der Waals surface area contributed by atoms with Gasteiger partial charge in [0.1, 0.15) is 0 Å². The molecule has 0 unspecified atom stereocenters. The third-order valence-corrected chi connectivity index (χ3v) is 4.27. The van der Waals surface area contributed by atoms with Crippen LogP contribution in [-0.4, -0.2) is 11.3 Å². The Labute approximate surface area is 148 Å². The van der Waals surface area contributed by atoms with Gasteiger partial charge in [-0.2, -0.15) is 0 Å². The highest BCUT2D eigenvalue weighted by Gasteiger charge is 1.98.